The quantitative estimate of drug-likeness (QED) is 0.133. The Morgan fingerprint density at radius 3 is 2.21 bits per heavy atom. The van der Waals surface area contributed by atoms with Gasteiger partial charge < -0.3 is 19.3 Å². The van der Waals surface area contributed by atoms with Crippen LogP contribution in [0.15, 0.2) is 122 Å². The van der Waals surface area contributed by atoms with Gasteiger partial charge in [-0.1, -0.05) is 73.2 Å². The van der Waals surface area contributed by atoms with E-state index in [0.717, 1.165) is 28.3 Å². The number of phosphoric ester groups is 1. The summed E-state index contributed by atoms with van der Waals surface area (Å²) in [5, 5.41) is 3.02. The van der Waals surface area contributed by atoms with Gasteiger partial charge >= 0.3 is 7.82 Å². The van der Waals surface area contributed by atoms with Crippen LogP contribution >= 0.6 is 7.82 Å². The molecule has 1 saturated heterocycles. The molecule has 2 heterocycles. The summed E-state index contributed by atoms with van der Waals surface area (Å²) in [6.07, 6.45) is 5.17. The summed E-state index contributed by atoms with van der Waals surface area (Å²) in [6, 6.07) is 33.3. The molecule has 10 heteroatoms. The number of aromatic nitrogens is 2. The van der Waals surface area contributed by atoms with Gasteiger partial charge in [0, 0.05) is 30.5 Å². The Bertz CT molecular complexity index is 1820. The van der Waals surface area contributed by atoms with Crippen molar-refractivity contribution < 1.29 is 22.9 Å². The molecule has 6 rings (SSSR count). The molecule has 5 aromatic rings. The maximum atomic E-state index is 13.9. The maximum absolute atomic E-state index is 13.9. The number of nitrogens with zero attached hydrogens (tertiary/aromatic N) is 3. The van der Waals surface area contributed by atoms with Gasteiger partial charge in [0.2, 0.25) is 0 Å². The molecule has 1 aromatic heterocycles. The van der Waals surface area contributed by atoms with Gasteiger partial charge in [-0.3, -0.25) is 14.3 Å². The summed E-state index contributed by atoms with van der Waals surface area (Å²) < 4.78 is 31.6. The first-order valence-corrected chi connectivity index (χ1v) is 17.6. The zero-order valence-corrected chi connectivity index (χ0v) is 28.0. The lowest BCUT2D eigenvalue weighted by molar-refractivity contribution is 0.102. The summed E-state index contributed by atoms with van der Waals surface area (Å²) >= 11 is 0. The Kier molecular flexibility index (Phi) is 10.5. The third-order valence-corrected chi connectivity index (χ3v) is 9.57. The van der Waals surface area contributed by atoms with Crippen LogP contribution in [0.3, 0.4) is 0 Å². The van der Waals surface area contributed by atoms with Crippen molar-refractivity contribution in [1.29, 1.82) is 0 Å². The van der Waals surface area contributed by atoms with E-state index in [2.05, 4.69) is 28.2 Å². The van der Waals surface area contributed by atoms with E-state index in [-0.39, 0.29) is 17.9 Å². The van der Waals surface area contributed by atoms with Crippen LogP contribution in [0.5, 0.6) is 11.5 Å². The van der Waals surface area contributed by atoms with Crippen LogP contribution in [0.1, 0.15) is 52.9 Å². The number of phosphoric acid groups is 1. The van der Waals surface area contributed by atoms with Crippen molar-refractivity contribution in [2.24, 2.45) is 0 Å². The number of benzene rings is 4. The van der Waals surface area contributed by atoms with E-state index in [4.69, 9.17) is 18.6 Å². The lowest BCUT2D eigenvalue weighted by Gasteiger charge is -2.33. The third-order valence-electron chi connectivity index (χ3n) is 8.15. The number of amides is 1. The van der Waals surface area contributed by atoms with Crippen molar-refractivity contribution in [3.63, 3.8) is 0 Å². The lowest BCUT2D eigenvalue weighted by atomic mass is 9.96. The predicted molar refractivity (Wildman–Crippen MR) is 188 cm³/mol. The molecule has 1 atom stereocenters. The van der Waals surface area contributed by atoms with Crippen LogP contribution in [0.25, 0.3) is 0 Å². The van der Waals surface area contributed by atoms with Gasteiger partial charge in [-0.05, 0) is 86.2 Å². The molecule has 0 radical (unpaired) electrons. The maximum Gasteiger partial charge on any atom is 0.587 e. The van der Waals surface area contributed by atoms with Crippen molar-refractivity contribution in [1.82, 2.24) is 9.97 Å². The fourth-order valence-electron chi connectivity index (χ4n) is 5.65. The molecule has 9 nitrogen and oxygen atoms in total. The highest BCUT2D eigenvalue weighted by molar-refractivity contribution is 7.49. The molecule has 1 aliphatic heterocycles. The Morgan fingerprint density at radius 2 is 1.54 bits per heavy atom. The molecule has 0 saturated carbocycles. The average molecular weight is 663 g/mol. The number of anilines is 2. The Morgan fingerprint density at radius 1 is 0.875 bits per heavy atom. The molecular formula is C38H39N4O5P. The number of carbonyl (C=O) groups is 1. The van der Waals surface area contributed by atoms with E-state index < -0.39 is 7.82 Å². The smallest absolute Gasteiger partial charge is 0.395 e. The van der Waals surface area contributed by atoms with Crippen LogP contribution in [0.2, 0.25) is 0 Å². The van der Waals surface area contributed by atoms with Gasteiger partial charge in [0.15, 0.2) is 0 Å². The van der Waals surface area contributed by atoms with Crippen molar-refractivity contribution in [3.8, 4) is 11.5 Å². The first-order chi connectivity index (χ1) is 23.3. The lowest BCUT2D eigenvalue weighted by Crippen LogP contribution is -2.37. The number of para-hydroxylation sites is 2. The number of rotatable bonds is 12. The second-order valence-corrected chi connectivity index (χ2v) is 13.4. The molecule has 48 heavy (non-hydrogen) atoms. The number of carbonyl (C=O) groups excluding carboxylic acids is 1. The van der Waals surface area contributed by atoms with E-state index in [1.54, 1.807) is 60.9 Å². The number of aryl methyl sites for hydroxylation is 1. The highest BCUT2D eigenvalue weighted by Gasteiger charge is 2.36. The topological polar surface area (TPSA) is 103 Å². The first-order valence-electron chi connectivity index (χ1n) is 16.1. The molecule has 246 valence electrons. The van der Waals surface area contributed by atoms with Gasteiger partial charge in [0.1, 0.15) is 17.3 Å². The average Bonchev–Trinajstić information content (AvgIpc) is 3.09. The molecule has 1 N–H and O–H groups in total. The fourth-order valence-corrected chi connectivity index (χ4v) is 7.10. The van der Waals surface area contributed by atoms with E-state index in [1.165, 1.54) is 0 Å². The third kappa shape index (κ3) is 8.88. The van der Waals surface area contributed by atoms with Gasteiger partial charge in [0.05, 0.1) is 18.0 Å². The molecule has 4 aromatic carbocycles. The number of piperidine rings is 1. The summed E-state index contributed by atoms with van der Waals surface area (Å²) in [6.45, 7) is 5.42. The Balaban J connectivity index is 1.06. The van der Waals surface area contributed by atoms with Crippen LogP contribution in [0.4, 0.5) is 11.5 Å². The molecule has 0 spiro atoms. The first kappa shape index (κ1) is 32.9. The van der Waals surface area contributed by atoms with E-state index in [9.17, 15) is 9.36 Å². The predicted octanol–water partition coefficient (Wildman–Crippen LogP) is 8.64. The highest BCUT2D eigenvalue weighted by atomic mass is 31.2. The minimum absolute atomic E-state index is 0.133. The van der Waals surface area contributed by atoms with Gasteiger partial charge in [0.25, 0.3) is 5.91 Å². The highest BCUT2D eigenvalue weighted by Crippen LogP contribution is 2.51. The molecule has 1 fully saturated rings. The van der Waals surface area contributed by atoms with Crippen molar-refractivity contribution in [2.45, 2.75) is 45.1 Å². The monoisotopic (exact) mass is 662 g/mol. The zero-order chi connectivity index (χ0) is 33.3. The summed E-state index contributed by atoms with van der Waals surface area (Å²) in [4.78, 5) is 24.4. The van der Waals surface area contributed by atoms with Crippen molar-refractivity contribution in [2.75, 3.05) is 23.3 Å². The van der Waals surface area contributed by atoms with Gasteiger partial charge in [-0.15, -0.1) is 0 Å². The van der Waals surface area contributed by atoms with Crippen LogP contribution in [0, 0.1) is 6.92 Å². The zero-order valence-electron chi connectivity index (χ0n) is 27.1. The standard InChI is InChI=1S/C38H39N4O5P/c1-28-11-9-13-31(23-28)38(43)41-32-14-10-12-30(25-32)29(2)24-33-26-39-27-37(40-33)42-21-19-36(20-22-42)47-48(44,45-34-15-5-3-6-16-34)46-35-17-7-4-8-18-35/h3-18,23,25-27,29,36H,19-22,24H2,1-2H3,(H,41,43)/t29-/m1/s1. The second-order valence-electron chi connectivity index (χ2n) is 12.0. The van der Waals surface area contributed by atoms with Crippen molar-refractivity contribution >= 4 is 25.2 Å². The summed E-state index contributed by atoms with van der Waals surface area (Å²) in [7, 11) is -3.98. The van der Waals surface area contributed by atoms with E-state index in [1.807, 2.05) is 61.5 Å². The van der Waals surface area contributed by atoms with Gasteiger partial charge in [-0.2, -0.15) is 0 Å². The van der Waals surface area contributed by atoms with Crippen LogP contribution < -0.4 is 19.3 Å². The SMILES string of the molecule is Cc1cccc(C(=O)Nc2cccc([C@H](C)Cc3cncc(N4CCC(OP(=O)(Oc5ccccc5)Oc5ccccc5)CC4)n3)c2)c1. The summed E-state index contributed by atoms with van der Waals surface area (Å²) in [5.74, 6) is 1.63. The fraction of sp³-hybridized carbons (Fsp3) is 0.237. The largest absolute Gasteiger partial charge is 0.587 e. The van der Waals surface area contributed by atoms with Crippen molar-refractivity contribution in [3.05, 3.63) is 144 Å². The number of nitrogens with one attached hydrogen (secondary N) is 1. The molecule has 0 aliphatic carbocycles. The van der Waals surface area contributed by atoms with E-state index >= 15 is 0 Å². The Hall–Kier alpha value is -4.98. The number of hydrogen-bond acceptors (Lipinski definition) is 8. The summed E-state index contributed by atoms with van der Waals surface area (Å²) in [5.41, 5.74) is 4.40. The second kappa shape index (κ2) is 15.3. The minimum atomic E-state index is -3.98. The van der Waals surface area contributed by atoms with Gasteiger partial charge in [-0.25, -0.2) is 9.55 Å². The molecule has 1 amide bonds. The number of hydrogen-bond donors (Lipinski definition) is 1. The van der Waals surface area contributed by atoms with E-state index in [0.29, 0.717) is 49.4 Å². The molecule has 1 aliphatic rings. The molecule has 0 bridgehead atoms. The van der Waals surface area contributed by atoms with Crippen LogP contribution in [-0.2, 0) is 15.5 Å². The minimum Gasteiger partial charge on any atom is -0.395 e. The normalized spacial score (nSPS) is 14.2. The van der Waals surface area contributed by atoms with Crippen LogP contribution in [-0.4, -0.2) is 35.1 Å². The molecular weight excluding hydrogens is 623 g/mol. The Labute approximate surface area is 281 Å². The molecule has 0 unspecified atom stereocenters.